The van der Waals surface area contributed by atoms with Crippen molar-refractivity contribution >= 4 is 43.4 Å². The van der Waals surface area contributed by atoms with Crippen molar-refractivity contribution in [3.8, 4) is 49.8 Å². The van der Waals surface area contributed by atoms with Gasteiger partial charge in [0.05, 0.1) is 26.9 Å². The fourth-order valence-electron chi connectivity index (χ4n) is 6.44. The molecule has 9 aromatic rings. The molecule has 0 saturated carbocycles. The van der Waals surface area contributed by atoms with Gasteiger partial charge < -0.3 is 4.57 Å². The van der Waals surface area contributed by atoms with Gasteiger partial charge in [0, 0.05) is 33.8 Å². The van der Waals surface area contributed by atoms with Crippen LogP contribution in [0.1, 0.15) is 0 Å². The summed E-state index contributed by atoms with van der Waals surface area (Å²) in [6, 6.07) is 56.0. The number of aromatic nitrogens is 3. The molecule has 3 heterocycles. The first-order valence-electron chi connectivity index (χ1n) is 15.4. The van der Waals surface area contributed by atoms with E-state index in [1.54, 1.807) is 11.3 Å². The van der Waals surface area contributed by atoms with Crippen molar-refractivity contribution in [3.05, 3.63) is 164 Å². The molecule has 0 unspecified atom stereocenters. The maximum absolute atomic E-state index is 5.15. The number of pyridine rings is 1. The standard InChI is InChI=1S/C42H27N3S/c1-2-9-28(10-3-1)29-16-18-30(19-17-29)31-21-23-41-38(26-31)44-42(46-41)33-20-22-36-35-13-4-5-15-39(35)45(40(36)27-33)34-12-8-11-32(25-34)37-14-6-7-24-43-37/h1-27H. The molecule has 3 nitrogen and oxygen atoms in total. The molecule has 9 rings (SSSR count). The van der Waals surface area contributed by atoms with Crippen LogP contribution in [-0.2, 0) is 0 Å². The maximum atomic E-state index is 5.15. The van der Waals surface area contributed by atoms with Crippen molar-refractivity contribution in [1.82, 2.24) is 14.5 Å². The topological polar surface area (TPSA) is 30.7 Å². The summed E-state index contributed by atoms with van der Waals surface area (Å²) in [7, 11) is 0. The molecule has 0 spiro atoms. The number of benzene rings is 6. The molecule has 0 fully saturated rings. The number of fused-ring (bicyclic) bond motifs is 4. The Morgan fingerprint density at radius 2 is 1.15 bits per heavy atom. The van der Waals surface area contributed by atoms with Crippen molar-refractivity contribution in [3.63, 3.8) is 0 Å². The molecule has 4 heteroatoms. The van der Waals surface area contributed by atoms with Crippen LogP contribution in [0.2, 0.25) is 0 Å². The second-order valence-corrected chi connectivity index (χ2v) is 12.5. The number of thiazole rings is 1. The van der Waals surface area contributed by atoms with E-state index in [4.69, 9.17) is 4.98 Å². The van der Waals surface area contributed by atoms with Crippen LogP contribution in [0.25, 0.3) is 81.8 Å². The van der Waals surface area contributed by atoms with Crippen LogP contribution >= 0.6 is 11.3 Å². The highest BCUT2D eigenvalue weighted by atomic mass is 32.1. The quantitative estimate of drug-likeness (QED) is 0.195. The van der Waals surface area contributed by atoms with Crippen LogP contribution in [-0.4, -0.2) is 14.5 Å². The maximum Gasteiger partial charge on any atom is 0.124 e. The highest BCUT2D eigenvalue weighted by molar-refractivity contribution is 7.21. The normalized spacial score (nSPS) is 11.5. The Balaban J connectivity index is 1.12. The van der Waals surface area contributed by atoms with Crippen LogP contribution in [0.3, 0.4) is 0 Å². The van der Waals surface area contributed by atoms with Crippen molar-refractivity contribution in [1.29, 1.82) is 0 Å². The van der Waals surface area contributed by atoms with E-state index in [0.29, 0.717) is 0 Å². The van der Waals surface area contributed by atoms with Gasteiger partial charge in [0.1, 0.15) is 5.01 Å². The van der Waals surface area contributed by atoms with Crippen molar-refractivity contribution < 1.29 is 0 Å². The summed E-state index contributed by atoms with van der Waals surface area (Å²) in [5.74, 6) is 0. The first kappa shape index (κ1) is 26.6. The molecule has 0 atom stereocenters. The molecule has 0 saturated heterocycles. The molecule has 3 aromatic heterocycles. The minimum Gasteiger partial charge on any atom is -0.309 e. The molecule has 0 radical (unpaired) electrons. The lowest BCUT2D eigenvalue weighted by atomic mass is 10.0. The zero-order chi connectivity index (χ0) is 30.5. The summed E-state index contributed by atoms with van der Waals surface area (Å²) in [4.78, 5) is 9.75. The van der Waals surface area contributed by atoms with E-state index in [1.807, 2.05) is 18.3 Å². The van der Waals surface area contributed by atoms with Crippen LogP contribution in [0, 0.1) is 0 Å². The SMILES string of the molecule is c1ccc(-c2ccc(-c3ccc4sc(-c5ccc6c7ccccc7n(-c7cccc(-c8ccccn8)c7)c6c5)nc4c3)cc2)cc1. The summed E-state index contributed by atoms with van der Waals surface area (Å²) in [6.45, 7) is 0. The highest BCUT2D eigenvalue weighted by Crippen LogP contribution is 2.38. The molecule has 216 valence electrons. The zero-order valence-corrected chi connectivity index (χ0v) is 25.7. The number of nitrogens with zero attached hydrogens (tertiary/aromatic N) is 3. The molecule has 0 aliphatic rings. The number of hydrogen-bond acceptors (Lipinski definition) is 3. The zero-order valence-electron chi connectivity index (χ0n) is 24.8. The lowest BCUT2D eigenvalue weighted by Gasteiger charge is -2.10. The Morgan fingerprint density at radius 1 is 0.457 bits per heavy atom. The largest absolute Gasteiger partial charge is 0.309 e. The number of para-hydroxylation sites is 1. The Kier molecular flexibility index (Phi) is 6.32. The smallest absolute Gasteiger partial charge is 0.124 e. The third-order valence-electron chi connectivity index (χ3n) is 8.70. The van der Waals surface area contributed by atoms with E-state index in [0.717, 1.165) is 38.5 Å². The number of hydrogen-bond donors (Lipinski definition) is 0. The van der Waals surface area contributed by atoms with E-state index in [-0.39, 0.29) is 0 Å². The Labute approximate surface area is 270 Å². The van der Waals surface area contributed by atoms with E-state index in [1.165, 1.54) is 43.2 Å². The summed E-state index contributed by atoms with van der Waals surface area (Å²) in [5, 5.41) is 3.48. The second-order valence-electron chi connectivity index (χ2n) is 11.5. The van der Waals surface area contributed by atoms with Gasteiger partial charge in [-0.05, 0) is 70.8 Å². The predicted molar refractivity (Wildman–Crippen MR) is 193 cm³/mol. The van der Waals surface area contributed by atoms with Gasteiger partial charge in [-0.3, -0.25) is 4.98 Å². The fourth-order valence-corrected chi connectivity index (χ4v) is 7.38. The Bertz CT molecular complexity index is 2510. The van der Waals surface area contributed by atoms with E-state index < -0.39 is 0 Å². The molecule has 0 amide bonds. The first-order valence-corrected chi connectivity index (χ1v) is 16.2. The lowest BCUT2D eigenvalue weighted by molar-refractivity contribution is 1.18. The highest BCUT2D eigenvalue weighted by Gasteiger charge is 2.16. The van der Waals surface area contributed by atoms with Gasteiger partial charge >= 0.3 is 0 Å². The average Bonchev–Trinajstić information content (AvgIpc) is 3.71. The van der Waals surface area contributed by atoms with Crippen molar-refractivity contribution in [2.45, 2.75) is 0 Å². The minimum absolute atomic E-state index is 0.965. The third kappa shape index (κ3) is 4.59. The summed E-state index contributed by atoms with van der Waals surface area (Å²) in [5.41, 5.74) is 12.5. The molecule has 0 N–H and O–H groups in total. The monoisotopic (exact) mass is 605 g/mol. The van der Waals surface area contributed by atoms with Crippen LogP contribution in [0.5, 0.6) is 0 Å². The molecular weight excluding hydrogens is 579 g/mol. The molecule has 6 aromatic carbocycles. The van der Waals surface area contributed by atoms with Gasteiger partial charge in [0.25, 0.3) is 0 Å². The summed E-state index contributed by atoms with van der Waals surface area (Å²) < 4.78 is 3.55. The molecule has 0 aliphatic carbocycles. The third-order valence-corrected chi connectivity index (χ3v) is 9.78. The van der Waals surface area contributed by atoms with Gasteiger partial charge in [-0.25, -0.2) is 4.98 Å². The predicted octanol–water partition coefficient (Wildman–Crippen LogP) is 11.5. The van der Waals surface area contributed by atoms with Gasteiger partial charge in [-0.1, -0.05) is 109 Å². The molecule has 0 bridgehead atoms. The summed E-state index contributed by atoms with van der Waals surface area (Å²) >= 11 is 1.74. The van der Waals surface area contributed by atoms with Gasteiger partial charge in [0.15, 0.2) is 0 Å². The Morgan fingerprint density at radius 3 is 2.00 bits per heavy atom. The molecular formula is C42H27N3S. The van der Waals surface area contributed by atoms with Crippen LogP contribution < -0.4 is 0 Å². The Hall–Kier alpha value is -5.84. The summed E-state index contributed by atoms with van der Waals surface area (Å²) in [6.07, 6.45) is 1.84. The van der Waals surface area contributed by atoms with Gasteiger partial charge in [-0.15, -0.1) is 11.3 Å². The van der Waals surface area contributed by atoms with E-state index >= 15 is 0 Å². The molecule has 0 aliphatic heterocycles. The van der Waals surface area contributed by atoms with E-state index in [9.17, 15) is 0 Å². The molecule has 46 heavy (non-hydrogen) atoms. The van der Waals surface area contributed by atoms with Crippen LogP contribution in [0.4, 0.5) is 0 Å². The van der Waals surface area contributed by atoms with Crippen molar-refractivity contribution in [2.24, 2.45) is 0 Å². The van der Waals surface area contributed by atoms with Crippen molar-refractivity contribution in [2.75, 3.05) is 0 Å². The van der Waals surface area contributed by atoms with Gasteiger partial charge in [-0.2, -0.15) is 0 Å². The minimum atomic E-state index is 0.965. The van der Waals surface area contributed by atoms with Crippen LogP contribution in [0.15, 0.2) is 164 Å². The lowest BCUT2D eigenvalue weighted by Crippen LogP contribution is -1.95. The fraction of sp³-hybridized carbons (Fsp3) is 0. The number of rotatable bonds is 5. The second kappa shape index (κ2) is 11.0. The first-order chi connectivity index (χ1) is 22.8. The van der Waals surface area contributed by atoms with Gasteiger partial charge in [0.2, 0.25) is 0 Å². The van der Waals surface area contributed by atoms with E-state index in [2.05, 4.69) is 155 Å². The average molecular weight is 606 g/mol.